The minimum Gasteiger partial charge on any atom is -0.481 e. The number of amides is 1. The van der Waals surface area contributed by atoms with Crippen LogP contribution in [0, 0.1) is 5.92 Å². The normalized spacial score (nSPS) is 15.6. The molecule has 4 rings (SSSR count). The van der Waals surface area contributed by atoms with Crippen LogP contribution >= 0.6 is 11.3 Å². The summed E-state index contributed by atoms with van der Waals surface area (Å²) in [5.74, 6) is 0.439. The third kappa shape index (κ3) is 6.06. The van der Waals surface area contributed by atoms with Crippen LogP contribution in [-0.4, -0.2) is 32.6 Å². The van der Waals surface area contributed by atoms with E-state index in [1.165, 1.54) is 37.0 Å². The van der Waals surface area contributed by atoms with Crippen LogP contribution < -0.4 is 5.32 Å². The fourth-order valence-corrected chi connectivity index (χ4v) is 5.82. The number of rotatable bonds is 10. The summed E-state index contributed by atoms with van der Waals surface area (Å²) >= 11 is 1.75. The van der Waals surface area contributed by atoms with Crippen LogP contribution in [0.3, 0.4) is 0 Å². The second-order valence-corrected chi connectivity index (χ2v) is 10.9. The number of benzene rings is 1. The van der Waals surface area contributed by atoms with Crippen molar-refractivity contribution in [1.82, 2.24) is 14.9 Å². The van der Waals surface area contributed by atoms with Gasteiger partial charge >= 0.3 is 5.97 Å². The van der Waals surface area contributed by atoms with E-state index < -0.39 is 5.97 Å². The summed E-state index contributed by atoms with van der Waals surface area (Å²) in [4.78, 5) is 30.4. The molecule has 182 valence electrons. The minimum absolute atomic E-state index is 0.0502. The maximum absolute atomic E-state index is 13.1. The van der Waals surface area contributed by atoms with Gasteiger partial charge in [-0.15, -0.1) is 11.3 Å². The lowest BCUT2D eigenvalue weighted by Gasteiger charge is -2.25. The van der Waals surface area contributed by atoms with Gasteiger partial charge in [-0.3, -0.25) is 9.59 Å². The van der Waals surface area contributed by atoms with Crippen molar-refractivity contribution in [3.05, 3.63) is 52.0 Å². The third-order valence-corrected chi connectivity index (χ3v) is 7.55. The summed E-state index contributed by atoms with van der Waals surface area (Å²) < 4.78 is 2.42. The number of carboxylic acid groups (broad SMARTS) is 1. The van der Waals surface area contributed by atoms with Gasteiger partial charge in [0.2, 0.25) is 0 Å². The number of nitrogens with zero attached hydrogens (tertiary/aromatic N) is 2. The molecule has 1 atom stereocenters. The zero-order chi connectivity index (χ0) is 24.1. The van der Waals surface area contributed by atoms with Gasteiger partial charge in [-0.1, -0.05) is 39.2 Å². The van der Waals surface area contributed by atoms with E-state index in [1.54, 1.807) is 11.3 Å². The number of nitrogens with one attached hydrogen (secondary N) is 1. The molecule has 6 nitrogen and oxygen atoms in total. The zero-order valence-corrected chi connectivity index (χ0v) is 20.9. The van der Waals surface area contributed by atoms with Crippen molar-refractivity contribution in [2.75, 3.05) is 0 Å². The number of imidazole rings is 1. The molecule has 1 saturated carbocycles. The number of hydrogen-bond acceptors (Lipinski definition) is 4. The molecule has 2 heterocycles. The molecule has 7 heteroatoms. The topological polar surface area (TPSA) is 84.2 Å². The smallest absolute Gasteiger partial charge is 0.303 e. The Hall–Kier alpha value is -2.67. The molecule has 3 aromatic rings. The molecule has 0 bridgehead atoms. The van der Waals surface area contributed by atoms with Gasteiger partial charge in [0.15, 0.2) is 0 Å². The Morgan fingerprint density at radius 1 is 1.21 bits per heavy atom. The number of hydrogen-bond donors (Lipinski definition) is 2. The number of thiophene rings is 1. The van der Waals surface area contributed by atoms with Gasteiger partial charge in [-0.2, -0.15) is 0 Å². The average Bonchev–Trinajstić information content (AvgIpc) is 3.44. The second-order valence-electron chi connectivity index (χ2n) is 9.88. The van der Waals surface area contributed by atoms with Crippen molar-refractivity contribution < 1.29 is 14.7 Å². The third-order valence-electron chi connectivity index (χ3n) is 6.67. The number of aromatic nitrogens is 2. The fourth-order valence-electron chi connectivity index (χ4n) is 5.11. The van der Waals surface area contributed by atoms with Crippen LogP contribution in [0.5, 0.6) is 0 Å². The van der Waals surface area contributed by atoms with Crippen molar-refractivity contribution in [2.45, 2.75) is 83.7 Å². The molecule has 0 radical (unpaired) electrons. The van der Waals surface area contributed by atoms with E-state index in [0.717, 1.165) is 29.7 Å². The van der Waals surface area contributed by atoms with Gasteiger partial charge in [0, 0.05) is 35.4 Å². The number of fused-ring (bicyclic) bond motifs is 1. The molecule has 0 saturated heterocycles. The van der Waals surface area contributed by atoms with Crippen molar-refractivity contribution in [3.63, 3.8) is 0 Å². The molecule has 1 aliphatic rings. The van der Waals surface area contributed by atoms with Gasteiger partial charge in [-0.25, -0.2) is 4.98 Å². The van der Waals surface area contributed by atoms with E-state index in [-0.39, 0.29) is 18.4 Å². The molecule has 34 heavy (non-hydrogen) atoms. The van der Waals surface area contributed by atoms with E-state index in [4.69, 9.17) is 10.1 Å². The first-order chi connectivity index (χ1) is 16.4. The van der Waals surface area contributed by atoms with E-state index in [2.05, 4.69) is 41.2 Å². The summed E-state index contributed by atoms with van der Waals surface area (Å²) in [5, 5.41) is 14.2. The summed E-state index contributed by atoms with van der Waals surface area (Å²) in [5.41, 5.74) is 2.53. The Morgan fingerprint density at radius 2 is 2.00 bits per heavy atom. The monoisotopic (exact) mass is 481 g/mol. The highest BCUT2D eigenvalue weighted by Crippen LogP contribution is 2.34. The lowest BCUT2D eigenvalue weighted by Crippen LogP contribution is -2.36. The summed E-state index contributed by atoms with van der Waals surface area (Å²) in [6, 6.07) is 10.4. The molecule has 2 aromatic heterocycles. The second kappa shape index (κ2) is 11.2. The molecule has 1 aromatic carbocycles. The Balaban J connectivity index is 1.60. The molecular weight excluding hydrogens is 446 g/mol. The maximum atomic E-state index is 13.1. The maximum Gasteiger partial charge on any atom is 0.303 e. The Bertz CT molecular complexity index is 1110. The Kier molecular flexibility index (Phi) is 8.03. The first kappa shape index (κ1) is 24.5. The number of carbonyl (C=O) groups is 2. The van der Waals surface area contributed by atoms with Crippen LogP contribution in [0.4, 0.5) is 0 Å². The number of carboxylic acids is 1. The summed E-state index contributed by atoms with van der Waals surface area (Å²) in [6.07, 6.45) is 8.17. The standard InChI is InChI=1S/C27H35N3O3S/c1-18(2)15-20(11-13-26(31)32)28-27(33)19-10-12-24-23(16-19)29-25(17-22-9-6-14-34-22)30(24)21-7-4-3-5-8-21/h6,9-10,12,14,16,18,20-21H,3-5,7-8,11,13,15,17H2,1-2H3,(H,28,33)(H,31,32). The molecule has 0 aliphatic heterocycles. The van der Waals surface area contributed by atoms with Crippen LogP contribution in [-0.2, 0) is 11.2 Å². The van der Waals surface area contributed by atoms with Gasteiger partial charge in [-0.05, 0) is 61.2 Å². The summed E-state index contributed by atoms with van der Waals surface area (Å²) in [6.45, 7) is 4.16. The van der Waals surface area contributed by atoms with Gasteiger partial charge in [0.05, 0.1) is 11.0 Å². The molecular formula is C27H35N3O3S. The van der Waals surface area contributed by atoms with E-state index in [0.29, 0.717) is 23.9 Å². The predicted octanol–water partition coefficient (Wildman–Crippen LogP) is 6.20. The van der Waals surface area contributed by atoms with Crippen LogP contribution in [0.15, 0.2) is 35.7 Å². The number of aliphatic carboxylic acids is 1. The zero-order valence-electron chi connectivity index (χ0n) is 20.1. The molecule has 1 fully saturated rings. The first-order valence-electron chi connectivity index (χ1n) is 12.5. The SMILES string of the molecule is CC(C)CC(CCC(=O)O)NC(=O)c1ccc2c(c1)nc(Cc1cccs1)n2C1CCCCC1. The van der Waals surface area contributed by atoms with E-state index in [9.17, 15) is 9.59 Å². The van der Waals surface area contributed by atoms with Crippen molar-refractivity contribution >= 4 is 34.2 Å². The van der Waals surface area contributed by atoms with Gasteiger partial charge < -0.3 is 15.0 Å². The molecule has 0 spiro atoms. The van der Waals surface area contributed by atoms with Gasteiger partial charge in [0.25, 0.3) is 5.91 Å². The Morgan fingerprint density at radius 3 is 2.68 bits per heavy atom. The lowest BCUT2D eigenvalue weighted by molar-refractivity contribution is -0.137. The van der Waals surface area contributed by atoms with Crippen LogP contribution in [0.2, 0.25) is 0 Å². The van der Waals surface area contributed by atoms with Gasteiger partial charge in [0.1, 0.15) is 5.82 Å². The highest BCUT2D eigenvalue weighted by Gasteiger charge is 2.23. The minimum atomic E-state index is -0.837. The quantitative estimate of drug-likeness (QED) is 0.361. The highest BCUT2D eigenvalue weighted by molar-refractivity contribution is 7.09. The largest absolute Gasteiger partial charge is 0.481 e. The predicted molar refractivity (Wildman–Crippen MR) is 137 cm³/mol. The van der Waals surface area contributed by atoms with E-state index in [1.807, 2.05) is 18.2 Å². The van der Waals surface area contributed by atoms with Crippen molar-refractivity contribution in [1.29, 1.82) is 0 Å². The first-order valence-corrected chi connectivity index (χ1v) is 13.3. The highest BCUT2D eigenvalue weighted by atomic mass is 32.1. The van der Waals surface area contributed by atoms with Crippen LogP contribution in [0.1, 0.15) is 92.3 Å². The van der Waals surface area contributed by atoms with E-state index >= 15 is 0 Å². The fraction of sp³-hybridized carbons (Fsp3) is 0.519. The summed E-state index contributed by atoms with van der Waals surface area (Å²) in [7, 11) is 0. The van der Waals surface area contributed by atoms with Crippen LogP contribution in [0.25, 0.3) is 11.0 Å². The average molecular weight is 482 g/mol. The molecule has 2 N–H and O–H groups in total. The molecule has 1 aliphatic carbocycles. The number of carbonyl (C=O) groups excluding carboxylic acids is 1. The van der Waals surface area contributed by atoms with Crippen molar-refractivity contribution in [2.24, 2.45) is 5.92 Å². The molecule has 1 unspecified atom stereocenters. The molecule has 1 amide bonds. The van der Waals surface area contributed by atoms with Crippen molar-refractivity contribution in [3.8, 4) is 0 Å². The Labute approximate surface area is 205 Å². The lowest BCUT2D eigenvalue weighted by atomic mass is 9.95.